The summed E-state index contributed by atoms with van der Waals surface area (Å²) in [6.45, 7) is 6.80. The van der Waals surface area contributed by atoms with E-state index >= 15 is 0 Å². The van der Waals surface area contributed by atoms with Gasteiger partial charge in [0.15, 0.2) is 5.82 Å². The molecule has 3 N–H and O–H groups in total. The van der Waals surface area contributed by atoms with Gasteiger partial charge in [0.1, 0.15) is 17.3 Å². The SMILES string of the molecule is CCNc1cc(-n2ccc(C(N)=O)n2)nc(C(C)C)n1. The molecule has 20 heavy (non-hydrogen) atoms. The van der Waals surface area contributed by atoms with Gasteiger partial charge in [0.2, 0.25) is 0 Å². The van der Waals surface area contributed by atoms with Crippen LogP contribution in [0.2, 0.25) is 0 Å². The molecule has 106 valence electrons. The van der Waals surface area contributed by atoms with Crippen LogP contribution in [0.5, 0.6) is 0 Å². The highest BCUT2D eigenvalue weighted by Gasteiger charge is 2.11. The Hall–Kier alpha value is -2.44. The number of carbonyl (C=O) groups is 1. The fourth-order valence-electron chi connectivity index (χ4n) is 1.68. The number of carbonyl (C=O) groups excluding carboxylic acids is 1. The Morgan fingerprint density at radius 3 is 2.75 bits per heavy atom. The van der Waals surface area contributed by atoms with Gasteiger partial charge >= 0.3 is 0 Å². The Labute approximate surface area is 117 Å². The summed E-state index contributed by atoms with van der Waals surface area (Å²) in [4.78, 5) is 20.0. The number of nitrogens with two attached hydrogens (primary N) is 1. The van der Waals surface area contributed by atoms with Gasteiger partial charge in [-0.05, 0) is 13.0 Å². The van der Waals surface area contributed by atoms with Gasteiger partial charge in [-0.3, -0.25) is 4.79 Å². The summed E-state index contributed by atoms with van der Waals surface area (Å²) in [5.74, 6) is 1.69. The zero-order valence-electron chi connectivity index (χ0n) is 11.8. The highest BCUT2D eigenvalue weighted by Crippen LogP contribution is 2.16. The van der Waals surface area contributed by atoms with Crippen molar-refractivity contribution in [2.75, 3.05) is 11.9 Å². The number of rotatable bonds is 5. The molecular weight excluding hydrogens is 256 g/mol. The summed E-state index contributed by atoms with van der Waals surface area (Å²) in [6.07, 6.45) is 1.66. The van der Waals surface area contributed by atoms with Crippen molar-refractivity contribution >= 4 is 11.7 Å². The zero-order valence-corrected chi connectivity index (χ0v) is 11.8. The number of anilines is 1. The van der Waals surface area contributed by atoms with Gasteiger partial charge in [-0.15, -0.1) is 0 Å². The maximum Gasteiger partial charge on any atom is 0.269 e. The van der Waals surface area contributed by atoms with Crippen LogP contribution in [-0.2, 0) is 0 Å². The minimum Gasteiger partial charge on any atom is -0.370 e. The third-order valence-electron chi connectivity index (χ3n) is 2.68. The summed E-state index contributed by atoms with van der Waals surface area (Å²) < 4.78 is 1.52. The molecule has 0 fully saturated rings. The highest BCUT2D eigenvalue weighted by molar-refractivity contribution is 5.90. The first-order valence-corrected chi connectivity index (χ1v) is 6.50. The lowest BCUT2D eigenvalue weighted by molar-refractivity contribution is 0.0995. The maximum atomic E-state index is 11.1. The van der Waals surface area contributed by atoms with Gasteiger partial charge in [-0.2, -0.15) is 5.10 Å². The van der Waals surface area contributed by atoms with E-state index in [0.29, 0.717) is 5.82 Å². The summed E-state index contributed by atoms with van der Waals surface area (Å²) in [6, 6.07) is 3.35. The molecule has 0 saturated heterocycles. The quantitative estimate of drug-likeness (QED) is 0.856. The lowest BCUT2D eigenvalue weighted by atomic mass is 10.2. The third kappa shape index (κ3) is 2.93. The van der Waals surface area contributed by atoms with E-state index in [1.807, 2.05) is 20.8 Å². The van der Waals surface area contributed by atoms with Crippen molar-refractivity contribution in [1.82, 2.24) is 19.7 Å². The van der Waals surface area contributed by atoms with Gasteiger partial charge in [-0.1, -0.05) is 13.8 Å². The van der Waals surface area contributed by atoms with Crippen molar-refractivity contribution in [1.29, 1.82) is 0 Å². The average Bonchev–Trinajstić information content (AvgIpc) is 2.88. The summed E-state index contributed by atoms with van der Waals surface area (Å²) in [5.41, 5.74) is 5.41. The lowest BCUT2D eigenvalue weighted by Crippen LogP contribution is -2.13. The molecule has 2 rings (SSSR count). The molecule has 7 nitrogen and oxygen atoms in total. The number of hydrogen-bond donors (Lipinski definition) is 2. The number of amides is 1. The van der Waals surface area contributed by atoms with Crippen molar-refractivity contribution in [2.45, 2.75) is 26.7 Å². The van der Waals surface area contributed by atoms with Gasteiger partial charge in [0.25, 0.3) is 5.91 Å². The van der Waals surface area contributed by atoms with Gasteiger partial charge in [0.05, 0.1) is 0 Å². The van der Waals surface area contributed by atoms with Crippen LogP contribution in [0.3, 0.4) is 0 Å². The van der Waals surface area contributed by atoms with Crippen LogP contribution in [0.4, 0.5) is 5.82 Å². The molecule has 2 aromatic heterocycles. The molecule has 0 unspecified atom stereocenters. The number of nitrogens with one attached hydrogen (secondary N) is 1. The standard InChI is InChI=1S/C13H18N6O/c1-4-15-10-7-11(17-13(16-10)8(2)3)19-6-5-9(18-19)12(14)20/h5-8H,4H2,1-3H3,(H2,14,20)(H,15,16,17). The Kier molecular flexibility index (Phi) is 3.97. The molecular formula is C13H18N6O. The molecule has 0 aliphatic carbocycles. The second-order valence-corrected chi connectivity index (χ2v) is 4.66. The molecule has 0 radical (unpaired) electrons. The molecule has 2 heterocycles. The molecule has 0 aliphatic heterocycles. The first-order chi connectivity index (χ1) is 9.51. The minimum absolute atomic E-state index is 0.193. The molecule has 0 atom stereocenters. The van der Waals surface area contributed by atoms with E-state index in [1.54, 1.807) is 18.3 Å². The van der Waals surface area contributed by atoms with E-state index in [1.165, 1.54) is 4.68 Å². The predicted octanol–water partition coefficient (Wildman–Crippen LogP) is 1.32. The van der Waals surface area contributed by atoms with E-state index in [4.69, 9.17) is 5.73 Å². The monoisotopic (exact) mass is 274 g/mol. The fraction of sp³-hybridized carbons (Fsp3) is 0.385. The molecule has 0 bridgehead atoms. The third-order valence-corrected chi connectivity index (χ3v) is 2.68. The second kappa shape index (κ2) is 5.68. The highest BCUT2D eigenvalue weighted by atomic mass is 16.1. The topological polar surface area (TPSA) is 98.7 Å². The number of hydrogen-bond acceptors (Lipinski definition) is 5. The first kappa shape index (κ1) is 14.0. The summed E-state index contributed by atoms with van der Waals surface area (Å²) in [7, 11) is 0. The zero-order chi connectivity index (χ0) is 14.7. The van der Waals surface area contributed by atoms with E-state index in [2.05, 4.69) is 20.4 Å². The van der Waals surface area contributed by atoms with Crippen molar-refractivity contribution < 1.29 is 4.79 Å². The van der Waals surface area contributed by atoms with Crippen molar-refractivity contribution in [3.8, 4) is 5.82 Å². The van der Waals surface area contributed by atoms with Crippen LogP contribution < -0.4 is 11.1 Å². The Balaban J connectivity index is 2.45. The van der Waals surface area contributed by atoms with Gasteiger partial charge in [0, 0.05) is 24.7 Å². The molecule has 0 aliphatic rings. The molecule has 2 aromatic rings. The normalized spacial score (nSPS) is 10.8. The van der Waals surface area contributed by atoms with Crippen molar-refractivity contribution in [3.63, 3.8) is 0 Å². The summed E-state index contributed by atoms with van der Waals surface area (Å²) >= 11 is 0. The number of aromatic nitrogens is 4. The van der Waals surface area contributed by atoms with Crippen LogP contribution in [0.25, 0.3) is 5.82 Å². The smallest absolute Gasteiger partial charge is 0.269 e. The average molecular weight is 274 g/mol. The Morgan fingerprint density at radius 2 is 2.20 bits per heavy atom. The Bertz CT molecular complexity index is 619. The molecule has 0 aromatic carbocycles. The molecule has 1 amide bonds. The van der Waals surface area contributed by atoms with Gasteiger partial charge in [-0.25, -0.2) is 14.6 Å². The first-order valence-electron chi connectivity index (χ1n) is 6.50. The Morgan fingerprint density at radius 1 is 1.45 bits per heavy atom. The molecule has 7 heteroatoms. The van der Waals surface area contributed by atoms with E-state index in [-0.39, 0.29) is 11.6 Å². The van der Waals surface area contributed by atoms with E-state index in [9.17, 15) is 4.79 Å². The maximum absolute atomic E-state index is 11.1. The fourth-order valence-corrected chi connectivity index (χ4v) is 1.68. The van der Waals surface area contributed by atoms with Crippen molar-refractivity contribution in [2.24, 2.45) is 5.73 Å². The van der Waals surface area contributed by atoms with Gasteiger partial charge < -0.3 is 11.1 Å². The van der Waals surface area contributed by atoms with Crippen LogP contribution in [0.15, 0.2) is 18.3 Å². The number of primary amides is 1. The molecule has 0 saturated carbocycles. The molecule has 0 spiro atoms. The number of nitrogens with zero attached hydrogens (tertiary/aromatic N) is 4. The van der Waals surface area contributed by atoms with E-state index in [0.717, 1.165) is 18.2 Å². The van der Waals surface area contributed by atoms with Crippen LogP contribution >= 0.6 is 0 Å². The van der Waals surface area contributed by atoms with Crippen LogP contribution in [0.1, 0.15) is 43.0 Å². The van der Waals surface area contributed by atoms with E-state index < -0.39 is 5.91 Å². The minimum atomic E-state index is -0.561. The largest absolute Gasteiger partial charge is 0.370 e. The summed E-state index contributed by atoms with van der Waals surface area (Å²) in [5, 5.41) is 7.26. The van der Waals surface area contributed by atoms with Crippen LogP contribution in [0, 0.1) is 0 Å². The second-order valence-electron chi connectivity index (χ2n) is 4.66. The lowest BCUT2D eigenvalue weighted by Gasteiger charge is -2.10. The van der Waals surface area contributed by atoms with Crippen molar-refractivity contribution in [3.05, 3.63) is 29.8 Å². The van der Waals surface area contributed by atoms with Crippen LogP contribution in [-0.4, -0.2) is 32.2 Å². The predicted molar refractivity (Wildman–Crippen MR) is 75.9 cm³/mol.